The number of ether oxygens (including phenoxy) is 1. The molecule has 1 N–H and O–H groups in total. The maximum Gasteiger partial charge on any atom is 0.416 e. The van der Waals surface area contributed by atoms with Gasteiger partial charge in [-0.05, 0) is 25.7 Å². The van der Waals surface area contributed by atoms with E-state index in [1.165, 1.54) is 6.41 Å². The molecule has 0 saturated carbocycles. The van der Waals surface area contributed by atoms with E-state index < -0.39 is 18.0 Å². The number of rotatable bonds is 4. The van der Waals surface area contributed by atoms with Gasteiger partial charge in [0.1, 0.15) is 6.04 Å². The van der Waals surface area contributed by atoms with Crippen molar-refractivity contribution in [3.63, 3.8) is 0 Å². The molecule has 113 valence electrons. The van der Waals surface area contributed by atoms with Gasteiger partial charge in [0.25, 0.3) is 5.91 Å². The summed E-state index contributed by atoms with van der Waals surface area (Å²) in [5.41, 5.74) is 0. The maximum atomic E-state index is 12.2. The van der Waals surface area contributed by atoms with Crippen molar-refractivity contribution < 1.29 is 19.1 Å². The van der Waals surface area contributed by atoms with Gasteiger partial charge in [0.15, 0.2) is 0 Å². The van der Waals surface area contributed by atoms with Crippen LogP contribution in [0.25, 0.3) is 0 Å². The third-order valence-corrected chi connectivity index (χ3v) is 3.63. The van der Waals surface area contributed by atoms with Gasteiger partial charge >= 0.3 is 12.5 Å². The molecule has 0 aromatic heterocycles. The zero-order valence-electron chi connectivity index (χ0n) is 11.8. The monoisotopic (exact) mass is 291 g/mol. The molecule has 1 aliphatic carbocycles. The second-order valence-corrected chi connectivity index (χ2v) is 5.17. The molecule has 2 atom stereocenters. The topological polar surface area (TPSA) is 75.7 Å². The van der Waals surface area contributed by atoms with Gasteiger partial charge in [-0.15, -0.1) is 0 Å². The molecule has 1 radical (unpaired) electrons. The van der Waals surface area contributed by atoms with Crippen LogP contribution in [0.5, 0.6) is 0 Å². The number of nitrogens with one attached hydrogen (secondary N) is 1. The molecule has 2 aliphatic rings. The summed E-state index contributed by atoms with van der Waals surface area (Å²) < 4.78 is 5.23. The van der Waals surface area contributed by atoms with Gasteiger partial charge in [0.05, 0.1) is 6.61 Å². The Labute approximate surface area is 123 Å². The molecule has 1 saturated heterocycles. The SMILES string of the molecule is O=[C]N[C@H]1CCCCN(C(=O)OCC2C=CC=CC2)C1=O. The fourth-order valence-corrected chi connectivity index (χ4v) is 2.44. The van der Waals surface area contributed by atoms with Gasteiger partial charge in [0, 0.05) is 12.5 Å². The summed E-state index contributed by atoms with van der Waals surface area (Å²) in [4.78, 5) is 35.7. The molecule has 1 aliphatic heterocycles. The number of hydrogen-bond donors (Lipinski definition) is 1. The molecule has 21 heavy (non-hydrogen) atoms. The smallest absolute Gasteiger partial charge is 0.416 e. The van der Waals surface area contributed by atoms with Crippen LogP contribution < -0.4 is 5.32 Å². The van der Waals surface area contributed by atoms with Gasteiger partial charge in [-0.25, -0.2) is 9.69 Å². The molecule has 1 heterocycles. The summed E-state index contributed by atoms with van der Waals surface area (Å²) in [6.45, 7) is 0.580. The summed E-state index contributed by atoms with van der Waals surface area (Å²) in [7, 11) is 0. The van der Waals surface area contributed by atoms with Crippen LogP contribution >= 0.6 is 0 Å². The number of hydrogen-bond acceptors (Lipinski definition) is 4. The van der Waals surface area contributed by atoms with Gasteiger partial charge in [0.2, 0.25) is 0 Å². The molecule has 6 heteroatoms. The van der Waals surface area contributed by atoms with Crippen molar-refractivity contribution in [3.8, 4) is 0 Å². The second kappa shape index (κ2) is 7.61. The number of carbonyl (C=O) groups is 2. The number of nitrogens with zero attached hydrogens (tertiary/aromatic N) is 1. The summed E-state index contributed by atoms with van der Waals surface area (Å²) >= 11 is 0. The Kier molecular flexibility index (Phi) is 5.54. The standard InChI is InChI=1S/C15H19N2O4/c18-11-16-13-8-4-5-9-17(14(13)19)15(20)21-10-12-6-2-1-3-7-12/h1-3,6,12-13H,4-5,7-10H2,(H,16,18)/t12?,13-/m0/s1. The first kappa shape index (κ1) is 15.3. The van der Waals surface area contributed by atoms with Crippen molar-refractivity contribution in [1.82, 2.24) is 10.2 Å². The van der Waals surface area contributed by atoms with Crippen LogP contribution in [0.3, 0.4) is 0 Å². The highest BCUT2D eigenvalue weighted by molar-refractivity contribution is 5.96. The molecular formula is C15H19N2O4. The van der Waals surface area contributed by atoms with Crippen LogP contribution in [0.15, 0.2) is 24.3 Å². The van der Waals surface area contributed by atoms with Crippen LogP contribution in [-0.2, 0) is 14.3 Å². The highest BCUT2D eigenvalue weighted by Crippen LogP contribution is 2.15. The lowest BCUT2D eigenvalue weighted by Gasteiger charge is -2.22. The van der Waals surface area contributed by atoms with E-state index in [0.717, 1.165) is 17.7 Å². The van der Waals surface area contributed by atoms with E-state index in [9.17, 15) is 14.4 Å². The van der Waals surface area contributed by atoms with E-state index in [-0.39, 0.29) is 12.5 Å². The average molecular weight is 291 g/mol. The molecule has 0 spiro atoms. The van der Waals surface area contributed by atoms with Crippen LogP contribution in [-0.4, -0.2) is 42.5 Å². The number of likely N-dealkylation sites (tertiary alicyclic amines) is 1. The molecular weight excluding hydrogens is 272 g/mol. The zero-order chi connectivity index (χ0) is 15.1. The Bertz CT molecular complexity index is 459. The number of carbonyl (C=O) groups excluding carboxylic acids is 3. The fraction of sp³-hybridized carbons (Fsp3) is 0.533. The Morgan fingerprint density at radius 1 is 1.43 bits per heavy atom. The highest BCUT2D eigenvalue weighted by atomic mass is 16.6. The lowest BCUT2D eigenvalue weighted by Crippen LogP contribution is -2.47. The maximum absolute atomic E-state index is 12.2. The highest BCUT2D eigenvalue weighted by Gasteiger charge is 2.32. The molecule has 0 aromatic carbocycles. The minimum absolute atomic E-state index is 0.151. The fourth-order valence-electron chi connectivity index (χ4n) is 2.44. The predicted octanol–water partition coefficient (Wildman–Crippen LogP) is 1.29. The van der Waals surface area contributed by atoms with Crippen molar-refractivity contribution in [2.75, 3.05) is 13.2 Å². The van der Waals surface area contributed by atoms with Crippen molar-refractivity contribution in [3.05, 3.63) is 24.3 Å². The molecule has 0 bridgehead atoms. The second-order valence-electron chi connectivity index (χ2n) is 5.17. The van der Waals surface area contributed by atoms with Crippen molar-refractivity contribution in [2.24, 2.45) is 5.92 Å². The van der Waals surface area contributed by atoms with Crippen molar-refractivity contribution in [2.45, 2.75) is 31.7 Å². The van der Waals surface area contributed by atoms with Gasteiger partial charge in [-0.2, -0.15) is 0 Å². The first-order valence-corrected chi connectivity index (χ1v) is 7.16. The van der Waals surface area contributed by atoms with Crippen LogP contribution in [0.4, 0.5) is 4.79 Å². The van der Waals surface area contributed by atoms with Crippen LogP contribution in [0, 0.1) is 5.92 Å². The molecule has 2 rings (SSSR count). The molecule has 1 unspecified atom stereocenters. The first-order chi connectivity index (χ1) is 10.2. The van der Waals surface area contributed by atoms with E-state index in [1.807, 2.05) is 24.3 Å². The lowest BCUT2D eigenvalue weighted by atomic mass is 10.0. The minimum Gasteiger partial charge on any atom is -0.448 e. The largest absolute Gasteiger partial charge is 0.448 e. The Morgan fingerprint density at radius 3 is 3.00 bits per heavy atom. The molecule has 0 aromatic rings. The number of imide groups is 1. The van der Waals surface area contributed by atoms with E-state index in [1.54, 1.807) is 0 Å². The summed E-state index contributed by atoms with van der Waals surface area (Å²) in [5, 5.41) is 2.34. The van der Waals surface area contributed by atoms with Crippen LogP contribution in [0.1, 0.15) is 25.7 Å². The number of amides is 3. The summed E-state index contributed by atoms with van der Waals surface area (Å²) in [6, 6.07) is -0.685. The van der Waals surface area contributed by atoms with Gasteiger partial charge < -0.3 is 10.1 Å². The molecule has 1 fully saturated rings. The first-order valence-electron chi connectivity index (χ1n) is 7.16. The van der Waals surface area contributed by atoms with E-state index in [4.69, 9.17) is 4.74 Å². The van der Waals surface area contributed by atoms with Crippen molar-refractivity contribution >= 4 is 18.4 Å². The van der Waals surface area contributed by atoms with Gasteiger partial charge in [-0.3, -0.25) is 9.59 Å². The van der Waals surface area contributed by atoms with Crippen molar-refractivity contribution in [1.29, 1.82) is 0 Å². The lowest BCUT2D eigenvalue weighted by molar-refractivity contribution is -0.130. The molecule has 6 nitrogen and oxygen atoms in total. The Hall–Kier alpha value is -2.11. The molecule has 3 amide bonds. The minimum atomic E-state index is -0.685. The number of allylic oxidation sites excluding steroid dienone is 3. The predicted molar refractivity (Wildman–Crippen MR) is 75.9 cm³/mol. The average Bonchev–Trinajstić information content (AvgIpc) is 2.69. The quantitative estimate of drug-likeness (QED) is 0.792. The van der Waals surface area contributed by atoms with Gasteiger partial charge in [-0.1, -0.05) is 24.3 Å². The third-order valence-electron chi connectivity index (χ3n) is 3.63. The normalized spacial score (nSPS) is 25.3. The summed E-state index contributed by atoms with van der Waals surface area (Å²) in [6.07, 6.45) is 11.6. The third kappa shape index (κ3) is 4.18. The van der Waals surface area contributed by atoms with E-state index in [2.05, 4.69) is 5.32 Å². The Balaban J connectivity index is 1.89. The van der Waals surface area contributed by atoms with E-state index in [0.29, 0.717) is 19.4 Å². The summed E-state index contributed by atoms with van der Waals surface area (Å²) in [5.74, 6) is -0.266. The Morgan fingerprint density at radius 2 is 2.29 bits per heavy atom. The van der Waals surface area contributed by atoms with Crippen LogP contribution in [0.2, 0.25) is 0 Å². The zero-order valence-corrected chi connectivity index (χ0v) is 11.8. The van der Waals surface area contributed by atoms with E-state index >= 15 is 0 Å².